The van der Waals surface area contributed by atoms with Crippen LogP contribution in [0.15, 0.2) is 18.5 Å². The van der Waals surface area contributed by atoms with E-state index < -0.39 is 6.10 Å². The van der Waals surface area contributed by atoms with E-state index in [1.54, 1.807) is 25.3 Å². The minimum absolute atomic E-state index is 0.0722. The normalized spacial score (nSPS) is 25.8. The van der Waals surface area contributed by atoms with E-state index in [0.29, 0.717) is 6.42 Å². The summed E-state index contributed by atoms with van der Waals surface area (Å²) in [5.41, 5.74) is 0. The summed E-state index contributed by atoms with van der Waals surface area (Å²) in [4.78, 5) is 13.9. The third kappa shape index (κ3) is 4.04. The molecule has 0 aromatic carbocycles. The average molecular weight is 295 g/mol. The number of hydrogen-bond acceptors (Lipinski definition) is 4. The number of amides is 1. The lowest BCUT2D eigenvalue weighted by molar-refractivity contribution is -0.140. The molecule has 1 heterocycles. The third-order valence-electron chi connectivity index (χ3n) is 4.29. The van der Waals surface area contributed by atoms with Crippen molar-refractivity contribution in [2.45, 2.75) is 56.9 Å². The van der Waals surface area contributed by atoms with Crippen molar-refractivity contribution in [3.05, 3.63) is 18.5 Å². The van der Waals surface area contributed by atoms with Gasteiger partial charge >= 0.3 is 0 Å². The molecule has 1 amide bonds. The minimum Gasteiger partial charge on any atom is -0.388 e. The van der Waals surface area contributed by atoms with Crippen LogP contribution in [0.2, 0.25) is 0 Å². The number of aryl methyl sites for hydroxylation is 1. The van der Waals surface area contributed by atoms with Gasteiger partial charge in [0.25, 0.3) is 0 Å². The van der Waals surface area contributed by atoms with E-state index in [-0.39, 0.29) is 18.1 Å². The van der Waals surface area contributed by atoms with E-state index in [1.807, 2.05) is 16.9 Å². The zero-order chi connectivity index (χ0) is 15.2. The van der Waals surface area contributed by atoms with Gasteiger partial charge in [-0.2, -0.15) is 5.10 Å². The van der Waals surface area contributed by atoms with E-state index in [4.69, 9.17) is 4.74 Å². The Labute approximate surface area is 125 Å². The predicted octanol–water partition coefficient (Wildman–Crippen LogP) is 1.05. The standard InChI is InChI=1S/C15H25N3O3/c1-17(12-6-3-7-13(21-2)15(12)20)14(19)8-4-10-18-11-5-9-16-18/h5,9,11-13,15,20H,3-4,6-8,10H2,1-2H3/t12-,13-,15-/m1/s1. The highest BCUT2D eigenvalue weighted by Crippen LogP contribution is 2.25. The van der Waals surface area contributed by atoms with Gasteiger partial charge in [-0.15, -0.1) is 0 Å². The molecule has 1 saturated carbocycles. The topological polar surface area (TPSA) is 67.6 Å². The van der Waals surface area contributed by atoms with E-state index in [0.717, 1.165) is 32.2 Å². The van der Waals surface area contributed by atoms with Gasteiger partial charge in [-0.25, -0.2) is 0 Å². The Kier molecular flexibility index (Phi) is 5.76. The molecule has 6 nitrogen and oxygen atoms in total. The lowest BCUT2D eigenvalue weighted by atomic mass is 9.89. The molecule has 0 spiro atoms. The van der Waals surface area contributed by atoms with Gasteiger partial charge in [0, 0.05) is 39.5 Å². The van der Waals surface area contributed by atoms with Gasteiger partial charge in [-0.05, 0) is 31.7 Å². The number of aromatic nitrogens is 2. The van der Waals surface area contributed by atoms with Gasteiger partial charge < -0.3 is 14.7 Å². The summed E-state index contributed by atoms with van der Waals surface area (Å²) in [6, 6.07) is 1.73. The van der Waals surface area contributed by atoms with Crippen molar-refractivity contribution in [1.82, 2.24) is 14.7 Å². The van der Waals surface area contributed by atoms with Gasteiger partial charge in [0.15, 0.2) is 0 Å². The number of rotatable bonds is 6. The number of aliphatic hydroxyl groups is 1. The van der Waals surface area contributed by atoms with Crippen molar-refractivity contribution >= 4 is 5.91 Å². The quantitative estimate of drug-likeness (QED) is 0.852. The molecule has 118 valence electrons. The second-order valence-corrected chi connectivity index (χ2v) is 5.64. The first kappa shape index (κ1) is 16.0. The summed E-state index contributed by atoms with van der Waals surface area (Å²) in [5, 5.41) is 14.4. The Bertz CT molecular complexity index is 435. The van der Waals surface area contributed by atoms with Crippen LogP contribution in [0.4, 0.5) is 0 Å². The van der Waals surface area contributed by atoms with Crippen LogP contribution in [-0.2, 0) is 16.1 Å². The molecule has 1 aliphatic carbocycles. The number of methoxy groups -OCH3 is 1. The van der Waals surface area contributed by atoms with Crippen LogP contribution in [0, 0.1) is 0 Å². The maximum Gasteiger partial charge on any atom is 0.222 e. The monoisotopic (exact) mass is 295 g/mol. The maximum absolute atomic E-state index is 12.3. The number of likely N-dealkylation sites (N-methyl/N-ethyl adjacent to an activating group) is 1. The number of hydrogen-bond donors (Lipinski definition) is 1. The molecule has 0 radical (unpaired) electrons. The summed E-state index contributed by atoms with van der Waals surface area (Å²) >= 11 is 0. The summed E-state index contributed by atoms with van der Waals surface area (Å²) in [6.45, 7) is 0.737. The lowest BCUT2D eigenvalue weighted by Gasteiger charge is -2.39. The van der Waals surface area contributed by atoms with Crippen molar-refractivity contribution < 1.29 is 14.6 Å². The number of nitrogens with zero attached hydrogens (tertiary/aromatic N) is 3. The zero-order valence-corrected chi connectivity index (χ0v) is 12.8. The molecule has 21 heavy (non-hydrogen) atoms. The molecule has 3 atom stereocenters. The Hall–Kier alpha value is -1.40. The van der Waals surface area contributed by atoms with Crippen LogP contribution >= 0.6 is 0 Å². The van der Waals surface area contributed by atoms with Gasteiger partial charge in [-0.3, -0.25) is 9.48 Å². The molecular weight excluding hydrogens is 270 g/mol. The Morgan fingerprint density at radius 1 is 1.52 bits per heavy atom. The lowest BCUT2D eigenvalue weighted by Crippen LogP contribution is -2.52. The second kappa shape index (κ2) is 7.56. The van der Waals surface area contributed by atoms with E-state index >= 15 is 0 Å². The predicted molar refractivity (Wildman–Crippen MR) is 78.7 cm³/mol. The fraction of sp³-hybridized carbons (Fsp3) is 0.733. The van der Waals surface area contributed by atoms with Crippen LogP contribution in [0.25, 0.3) is 0 Å². The minimum atomic E-state index is -0.594. The molecule has 1 aliphatic rings. The molecule has 1 N–H and O–H groups in total. The van der Waals surface area contributed by atoms with E-state index in [2.05, 4.69) is 5.10 Å². The fourth-order valence-electron chi connectivity index (χ4n) is 2.98. The third-order valence-corrected chi connectivity index (χ3v) is 4.29. The van der Waals surface area contributed by atoms with Crippen molar-refractivity contribution in [2.24, 2.45) is 0 Å². The van der Waals surface area contributed by atoms with Crippen LogP contribution in [0.1, 0.15) is 32.1 Å². The molecule has 0 unspecified atom stereocenters. The molecule has 1 aromatic heterocycles. The fourth-order valence-corrected chi connectivity index (χ4v) is 2.98. The molecule has 0 saturated heterocycles. The largest absolute Gasteiger partial charge is 0.388 e. The van der Waals surface area contributed by atoms with E-state index in [1.165, 1.54) is 0 Å². The van der Waals surface area contributed by atoms with Crippen LogP contribution in [-0.4, -0.2) is 58.1 Å². The van der Waals surface area contributed by atoms with Gasteiger partial charge in [0.1, 0.15) is 6.10 Å². The van der Waals surface area contributed by atoms with E-state index in [9.17, 15) is 9.90 Å². The molecule has 0 aliphatic heterocycles. The van der Waals surface area contributed by atoms with Crippen molar-refractivity contribution in [3.8, 4) is 0 Å². The summed E-state index contributed by atoms with van der Waals surface area (Å²) < 4.78 is 7.12. The molecule has 2 rings (SSSR count). The first-order chi connectivity index (χ1) is 10.1. The van der Waals surface area contributed by atoms with Crippen molar-refractivity contribution in [1.29, 1.82) is 0 Å². The molecule has 1 aromatic rings. The Morgan fingerprint density at radius 3 is 3.00 bits per heavy atom. The van der Waals surface area contributed by atoms with Crippen molar-refractivity contribution in [3.63, 3.8) is 0 Å². The van der Waals surface area contributed by atoms with Crippen LogP contribution in [0.3, 0.4) is 0 Å². The molecular formula is C15H25N3O3. The van der Waals surface area contributed by atoms with Gasteiger partial charge in [0.2, 0.25) is 5.91 Å². The SMILES string of the molecule is CO[C@@H]1CCC[C@@H](N(C)C(=O)CCCn2cccn2)[C@H]1O. The molecule has 0 bridgehead atoms. The highest BCUT2D eigenvalue weighted by Gasteiger charge is 2.35. The Morgan fingerprint density at radius 2 is 2.33 bits per heavy atom. The molecule has 6 heteroatoms. The number of carbonyl (C=O) groups is 1. The van der Waals surface area contributed by atoms with Gasteiger partial charge in [-0.1, -0.05) is 0 Å². The number of aliphatic hydroxyl groups excluding tert-OH is 1. The first-order valence-electron chi connectivity index (χ1n) is 7.57. The zero-order valence-electron chi connectivity index (χ0n) is 12.8. The maximum atomic E-state index is 12.3. The highest BCUT2D eigenvalue weighted by atomic mass is 16.5. The summed E-state index contributed by atoms with van der Waals surface area (Å²) in [5.74, 6) is 0.0722. The van der Waals surface area contributed by atoms with Gasteiger partial charge in [0.05, 0.1) is 12.1 Å². The number of carbonyl (C=O) groups excluding carboxylic acids is 1. The highest BCUT2D eigenvalue weighted by molar-refractivity contribution is 5.76. The summed E-state index contributed by atoms with van der Waals surface area (Å²) in [6.07, 6.45) is 6.76. The van der Waals surface area contributed by atoms with Crippen LogP contribution in [0.5, 0.6) is 0 Å². The average Bonchev–Trinajstić information content (AvgIpc) is 3.00. The first-order valence-corrected chi connectivity index (χ1v) is 7.57. The number of ether oxygens (including phenoxy) is 1. The molecule has 1 fully saturated rings. The van der Waals surface area contributed by atoms with Crippen LogP contribution < -0.4 is 0 Å². The van der Waals surface area contributed by atoms with Crippen molar-refractivity contribution in [2.75, 3.05) is 14.2 Å². The smallest absolute Gasteiger partial charge is 0.222 e. The Balaban J connectivity index is 1.80. The summed E-state index contributed by atoms with van der Waals surface area (Å²) in [7, 11) is 3.39. The second-order valence-electron chi connectivity index (χ2n) is 5.64.